The lowest BCUT2D eigenvalue weighted by Crippen LogP contribution is -2.35. The Bertz CT molecular complexity index is 722. The standard InChI is InChI=1S/C21H24N2O/c24-21(22-17-13-14-17)20(16-8-2-1-3-9-16)23-19-12-6-10-15-7-4-5-11-18(15)19/h1-3,6,8-10,12,17,20,23H,4-5,7,11,13-14H2,(H,22,24). The molecule has 24 heavy (non-hydrogen) atoms. The fourth-order valence-corrected chi connectivity index (χ4v) is 3.53. The van der Waals surface area contributed by atoms with Gasteiger partial charge in [-0.2, -0.15) is 0 Å². The molecule has 2 aliphatic rings. The van der Waals surface area contributed by atoms with Gasteiger partial charge >= 0.3 is 0 Å². The van der Waals surface area contributed by atoms with Gasteiger partial charge in [-0.25, -0.2) is 0 Å². The number of hydrogen-bond acceptors (Lipinski definition) is 2. The molecular formula is C21H24N2O. The molecule has 2 N–H and O–H groups in total. The number of carbonyl (C=O) groups excluding carboxylic acids is 1. The molecule has 0 aromatic heterocycles. The quantitative estimate of drug-likeness (QED) is 0.874. The van der Waals surface area contributed by atoms with Crippen molar-refractivity contribution in [1.82, 2.24) is 5.32 Å². The van der Waals surface area contributed by atoms with Gasteiger partial charge < -0.3 is 10.6 Å². The van der Waals surface area contributed by atoms with Crippen molar-refractivity contribution in [1.29, 1.82) is 0 Å². The van der Waals surface area contributed by atoms with E-state index < -0.39 is 0 Å². The summed E-state index contributed by atoms with van der Waals surface area (Å²) < 4.78 is 0. The average molecular weight is 320 g/mol. The summed E-state index contributed by atoms with van der Waals surface area (Å²) in [5, 5.41) is 6.70. The van der Waals surface area contributed by atoms with E-state index in [1.54, 1.807) is 0 Å². The highest BCUT2D eigenvalue weighted by Gasteiger charge is 2.29. The summed E-state index contributed by atoms with van der Waals surface area (Å²) in [5.41, 5.74) is 4.96. The fourth-order valence-electron chi connectivity index (χ4n) is 3.53. The number of amides is 1. The van der Waals surface area contributed by atoms with Crippen LogP contribution in [0.5, 0.6) is 0 Å². The first kappa shape index (κ1) is 15.3. The maximum atomic E-state index is 12.8. The van der Waals surface area contributed by atoms with E-state index in [0.29, 0.717) is 6.04 Å². The van der Waals surface area contributed by atoms with Crippen LogP contribution in [-0.2, 0) is 17.6 Å². The van der Waals surface area contributed by atoms with E-state index in [2.05, 4.69) is 28.8 Å². The molecule has 0 heterocycles. The normalized spacial score (nSPS) is 17.7. The molecule has 0 saturated heterocycles. The van der Waals surface area contributed by atoms with Crippen LogP contribution in [0.1, 0.15) is 48.4 Å². The van der Waals surface area contributed by atoms with Crippen molar-refractivity contribution in [3.63, 3.8) is 0 Å². The molecule has 3 heteroatoms. The predicted octanol–water partition coefficient (Wildman–Crippen LogP) is 4.00. The number of carbonyl (C=O) groups is 1. The van der Waals surface area contributed by atoms with E-state index in [-0.39, 0.29) is 11.9 Å². The summed E-state index contributed by atoms with van der Waals surface area (Å²) >= 11 is 0. The summed E-state index contributed by atoms with van der Waals surface area (Å²) in [6, 6.07) is 16.5. The Morgan fingerprint density at radius 1 is 0.958 bits per heavy atom. The molecular weight excluding hydrogens is 296 g/mol. The molecule has 0 spiro atoms. The molecule has 1 atom stereocenters. The Morgan fingerprint density at radius 3 is 2.54 bits per heavy atom. The minimum absolute atomic E-state index is 0.0807. The van der Waals surface area contributed by atoms with Crippen molar-refractivity contribution in [2.45, 2.75) is 50.6 Å². The summed E-state index contributed by atoms with van der Waals surface area (Å²) in [6.45, 7) is 0. The molecule has 0 bridgehead atoms. The highest BCUT2D eigenvalue weighted by molar-refractivity contribution is 5.86. The van der Waals surface area contributed by atoms with Gasteiger partial charge in [-0.1, -0.05) is 42.5 Å². The number of benzene rings is 2. The van der Waals surface area contributed by atoms with E-state index >= 15 is 0 Å². The smallest absolute Gasteiger partial charge is 0.247 e. The summed E-state index contributed by atoms with van der Waals surface area (Å²) in [7, 11) is 0. The lowest BCUT2D eigenvalue weighted by atomic mass is 9.90. The maximum absolute atomic E-state index is 12.8. The van der Waals surface area contributed by atoms with Crippen molar-refractivity contribution in [2.24, 2.45) is 0 Å². The highest BCUT2D eigenvalue weighted by atomic mass is 16.2. The molecule has 2 aromatic carbocycles. The Labute approximate surface area is 143 Å². The third-order valence-corrected chi connectivity index (χ3v) is 5.01. The molecule has 1 fully saturated rings. The van der Waals surface area contributed by atoms with Crippen LogP contribution in [0.3, 0.4) is 0 Å². The molecule has 1 amide bonds. The Kier molecular flexibility index (Phi) is 4.24. The van der Waals surface area contributed by atoms with Gasteiger partial charge in [0.25, 0.3) is 0 Å². The van der Waals surface area contributed by atoms with Crippen LogP contribution in [0.25, 0.3) is 0 Å². The van der Waals surface area contributed by atoms with Gasteiger partial charge in [0.2, 0.25) is 5.91 Å². The number of nitrogens with one attached hydrogen (secondary N) is 2. The zero-order valence-corrected chi connectivity index (χ0v) is 13.9. The van der Waals surface area contributed by atoms with Crippen LogP contribution in [0.4, 0.5) is 5.69 Å². The molecule has 2 aromatic rings. The van der Waals surface area contributed by atoms with E-state index in [0.717, 1.165) is 36.9 Å². The van der Waals surface area contributed by atoms with Crippen molar-refractivity contribution in [3.8, 4) is 0 Å². The number of fused-ring (bicyclic) bond motifs is 1. The molecule has 124 valence electrons. The number of anilines is 1. The van der Waals surface area contributed by atoms with Gasteiger partial charge in [0.15, 0.2) is 0 Å². The second kappa shape index (κ2) is 6.68. The zero-order chi connectivity index (χ0) is 16.4. The molecule has 4 rings (SSSR count). The van der Waals surface area contributed by atoms with Gasteiger partial charge in [0.05, 0.1) is 0 Å². The van der Waals surface area contributed by atoms with Crippen molar-refractivity contribution < 1.29 is 4.79 Å². The van der Waals surface area contributed by atoms with Crippen molar-refractivity contribution in [3.05, 3.63) is 65.2 Å². The van der Waals surface area contributed by atoms with Crippen LogP contribution in [0.15, 0.2) is 48.5 Å². The molecule has 1 unspecified atom stereocenters. The lowest BCUT2D eigenvalue weighted by Gasteiger charge is -2.25. The third kappa shape index (κ3) is 3.30. The first-order chi connectivity index (χ1) is 11.8. The van der Waals surface area contributed by atoms with Crippen molar-refractivity contribution in [2.75, 3.05) is 5.32 Å². The van der Waals surface area contributed by atoms with Crippen LogP contribution in [-0.4, -0.2) is 11.9 Å². The largest absolute Gasteiger partial charge is 0.370 e. The lowest BCUT2D eigenvalue weighted by molar-refractivity contribution is -0.122. The first-order valence-electron chi connectivity index (χ1n) is 9.04. The summed E-state index contributed by atoms with van der Waals surface area (Å²) in [4.78, 5) is 12.8. The predicted molar refractivity (Wildman–Crippen MR) is 97.1 cm³/mol. The zero-order valence-electron chi connectivity index (χ0n) is 13.9. The topological polar surface area (TPSA) is 41.1 Å². The molecule has 1 saturated carbocycles. The maximum Gasteiger partial charge on any atom is 0.247 e. The second-order valence-corrected chi connectivity index (χ2v) is 6.92. The highest BCUT2D eigenvalue weighted by Crippen LogP contribution is 2.31. The van der Waals surface area contributed by atoms with Gasteiger partial charge in [-0.15, -0.1) is 0 Å². The van der Waals surface area contributed by atoms with E-state index in [1.807, 2.05) is 30.3 Å². The van der Waals surface area contributed by atoms with E-state index in [9.17, 15) is 4.79 Å². The van der Waals surface area contributed by atoms with Gasteiger partial charge in [-0.3, -0.25) is 4.79 Å². The molecule has 0 aliphatic heterocycles. The average Bonchev–Trinajstić information content (AvgIpc) is 3.44. The van der Waals surface area contributed by atoms with E-state index in [4.69, 9.17) is 0 Å². The van der Waals surface area contributed by atoms with Gasteiger partial charge in [0, 0.05) is 11.7 Å². The minimum atomic E-state index is -0.333. The Morgan fingerprint density at radius 2 is 1.75 bits per heavy atom. The molecule has 3 nitrogen and oxygen atoms in total. The van der Waals surface area contributed by atoms with Crippen LogP contribution < -0.4 is 10.6 Å². The van der Waals surface area contributed by atoms with Crippen molar-refractivity contribution >= 4 is 11.6 Å². The Balaban J connectivity index is 1.63. The van der Waals surface area contributed by atoms with E-state index in [1.165, 1.54) is 24.0 Å². The fraction of sp³-hybridized carbons (Fsp3) is 0.381. The third-order valence-electron chi connectivity index (χ3n) is 5.01. The number of rotatable bonds is 5. The number of hydrogen-bond donors (Lipinski definition) is 2. The van der Waals surface area contributed by atoms with Gasteiger partial charge in [-0.05, 0) is 61.3 Å². The van der Waals surface area contributed by atoms with Gasteiger partial charge in [0.1, 0.15) is 6.04 Å². The van der Waals surface area contributed by atoms with Crippen LogP contribution >= 0.6 is 0 Å². The summed E-state index contributed by atoms with van der Waals surface area (Å²) in [6.07, 6.45) is 6.96. The Hall–Kier alpha value is -2.29. The SMILES string of the molecule is O=C(NC1CC1)C(Nc1cccc2c1CCCC2)c1ccccc1. The molecule has 0 radical (unpaired) electrons. The minimum Gasteiger partial charge on any atom is -0.370 e. The monoisotopic (exact) mass is 320 g/mol. The second-order valence-electron chi connectivity index (χ2n) is 6.92. The summed E-state index contributed by atoms with van der Waals surface area (Å²) in [5.74, 6) is 0.0807. The molecule has 2 aliphatic carbocycles. The van der Waals surface area contributed by atoms with Crippen LogP contribution in [0, 0.1) is 0 Å². The van der Waals surface area contributed by atoms with Crippen LogP contribution in [0.2, 0.25) is 0 Å². The number of aryl methyl sites for hydroxylation is 1. The first-order valence-corrected chi connectivity index (χ1v) is 9.04.